The van der Waals surface area contributed by atoms with Crippen LogP contribution in [0.15, 0.2) is 36.4 Å². The van der Waals surface area contributed by atoms with E-state index in [1.165, 1.54) is 12.1 Å². The number of carbonyl (C=O) groups excluding carboxylic acids is 1. The first-order valence-corrected chi connectivity index (χ1v) is 6.81. The number of pyridine rings is 1. The molecule has 1 aromatic carbocycles. The van der Waals surface area contributed by atoms with Gasteiger partial charge in [-0.15, -0.1) is 0 Å². The van der Waals surface area contributed by atoms with Gasteiger partial charge in [0.05, 0.1) is 12.3 Å². The molecule has 1 heterocycles. The Balaban J connectivity index is 2.01. The number of rotatable bonds is 5. The zero-order valence-corrected chi connectivity index (χ0v) is 12.0. The molecular weight excluding hydrogens is 290 g/mol. The number of anilines is 1. The summed E-state index contributed by atoms with van der Waals surface area (Å²) in [5, 5.41) is 11.6. The maximum Gasteiger partial charge on any atom is 0.226 e. The van der Waals surface area contributed by atoms with Gasteiger partial charge in [0.1, 0.15) is 17.5 Å². The van der Waals surface area contributed by atoms with Crippen LogP contribution in [0, 0.1) is 11.6 Å². The lowest BCUT2D eigenvalue weighted by molar-refractivity contribution is -0.116. The fraction of sp³-hybridized carbons (Fsp3) is 0.250. The highest BCUT2D eigenvalue weighted by molar-refractivity contribution is 5.90. The van der Waals surface area contributed by atoms with E-state index in [1.807, 2.05) is 0 Å². The van der Waals surface area contributed by atoms with Crippen molar-refractivity contribution >= 4 is 11.7 Å². The van der Waals surface area contributed by atoms with E-state index >= 15 is 0 Å². The number of nitrogens with one attached hydrogen (secondary N) is 1. The van der Waals surface area contributed by atoms with Gasteiger partial charge in [0, 0.05) is 12.5 Å². The average Bonchev–Trinajstić information content (AvgIpc) is 2.47. The van der Waals surface area contributed by atoms with Gasteiger partial charge in [-0.05, 0) is 29.7 Å². The second kappa shape index (κ2) is 7.09. The molecular formula is C16H16F2N2O2. The minimum atomic E-state index is -0.666. The van der Waals surface area contributed by atoms with Crippen molar-refractivity contribution < 1.29 is 18.7 Å². The summed E-state index contributed by atoms with van der Waals surface area (Å²) in [7, 11) is 0. The molecule has 22 heavy (non-hydrogen) atoms. The lowest BCUT2D eigenvalue weighted by Crippen LogP contribution is -2.16. The number of amides is 1. The molecule has 1 amide bonds. The van der Waals surface area contributed by atoms with Crippen molar-refractivity contribution in [2.45, 2.75) is 25.9 Å². The number of aliphatic hydroxyl groups excluding tert-OH is 1. The molecule has 4 nitrogen and oxygen atoms in total. The predicted octanol–water partition coefficient (Wildman–Crippen LogP) is 2.98. The quantitative estimate of drug-likeness (QED) is 0.892. The number of aromatic nitrogens is 1. The first-order chi connectivity index (χ1) is 10.5. The minimum absolute atomic E-state index is 0.0353. The molecule has 6 heteroatoms. The minimum Gasteiger partial charge on any atom is -0.390 e. The second-order valence-corrected chi connectivity index (χ2v) is 4.99. The van der Waals surface area contributed by atoms with Crippen LogP contribution < -0.4 is 5.32 Å². The number of aliphatic hydroxyl groups is 1. The molecule has 2 rings (SSSR count). The van der Waals surface area contributed by atoms with Gasteiger partial charge in [-0.1, -0.05) is 19.1 Å². The van der Waals surface area contributed by atoms with Crippen molar-refractivity contribution in [3.63, 3.8) is 0 Å². The Bertz CT molecular complexity index is 677. The van der Waals surface area contributed by atoms with Gasteiger partial charge in [0.15, 0.2) is 0 Å². The summed E-state index contributed by atoms with van der Waals surface area (Å²) >= 11 is 0. The van der Waals surface area contributed by atoms with Gasteiger partial charge >= 0.3 is 0 Å². The third kappa shape index (κ3) is 4.08. The third-order valence-electron chi connectivity index (χ3n) is 3.22. The number of halogens is 2. The van der Waals surface area contributed by atoms with E-state index in [2.05, 4.69) is 10.3 Å². The van der Waals surface area contributed by atoms with E-state index in [1.54, 1.807) is 25.1 Å². The summed E-state index contributed by atoms with van der Waals surface area (Å²) in [6.45, 7) is 1.47. The summed E-state index contributed by atoms with van der Waals surface area (Å²) in [6, 6.07) is 8.20. The van der Waals surface area contributed by atoms with E-state index in [4.69, 9.17) is 5.11 Å². The number of hydrogen-bond donors (Lipinski definition) is 2. The van der Waals surface area contributed by atoms with Crippen LogP contribution in [0.25, 0.3) is 0 Å². The zero-order valence-electron chi connectivity index (χ0n) is 12.0. The summed E-state index contributed by atoms with van der Waals surface area (Å²) in [5.74, 6) is -1.73. The van der Waals surface area contributed by atoms with E-state index in [-0.39, 0.29) is 24.5 Å². The molecule has 2 aromatic rings. The lowest BCUT2D eigenvalue weighted by Gasteiger charge is -2.13. The Morgan fingerprint density at radius 2 is 2.09 bits per heavy atom. The van der Waals surface area contributed by atoms with Crippen LogP contribution in [0.2, 0.25) is 0 Å². The SMILES string of the molecule is C[C@@H](CC(=O)Nc1cccc(CO)n1)c1ccc(F)cc1F. The number of nitrogens with zero attached hydrogens (tertiary/aromatic N) is 1. The van der Waals surface area contributed by atoms with Crippen molar-refractivity contribution in [2.75, 3.05) is 5.32 Å². The van der Waals surface area contributed by atoms with Crippen LogP contribution in [0.1, 0.15) is 30.5 Å². The summed E-state index contributed by atoms with van der Waals surface area (Å²) in [6.07, 6.45) is 0.0353. The third-order valence-corrected chi connectivity index (χ3v) is 3.22. The molecule has 0 spiro atoms. The normalized spacial score (nSPS) is 12.0. The topological polar surface area (TPSA) is 62.2 Å². The second-order valence-electron chi connectivity index (χ2n) is 4.99. The lowest BCUT2D eigenvalue weighted by atomic mass is 9.97. The van der Waals surface area contributed by atoms with E-state index in [0.29, 0.717) is 11.5 Å². The highest BCUT2D eigenvalue weighted by Gasteiger charge is 2.16. The summed E-state index contributed by atoms with van der Waals surface area (Å²) in [4.78, 5) is 16.0. The molecule has 0 bridgehead atoms. The van der Waals surface area contributed by atoms with Gasteiger partial charge in [-0.3, -0.25) is 4.79 Å². The van der Waals surface area contributed by atoms with Gasteiger partial charge < -0.3 is 10.4 Å². The molecule has 1 atom stereocenters. The summed E-state index contributed by atoms with van der Waals surface area (Å²) < 4.78 is 26.5. The maximum atomic E-state index is 13.7. The Labute approximate surface area is 126 Å². The molecule has 0 aliphatic carbocycles. The van der Waals surface area contributed by atoms with Gasteiger partial charge in [0.2, 0.25) is 5.91 Å². The average molecular weight is 306 g/mol. The van der Waals surface area contributed by atoms with Crippen molar-refractivity contribution in [1.82, 2.24) is 4.98 Å². The van der Waals surface area contributed by atoms with Crippen molar-refractivity contribution in [3.8, 4) is 0 Å². The first-order valence-electron chi connectivity index (χ1n) is 6.81. The highest BCUT2D eigenvalue weighted by atomic mass is 19.1. The standard InChI is InChI=1S/C16H16F2N2O2/c1-10(13-6-5-11(17)8-14(13)18)7-16(22)20-15-4-2-3-12(9-21)19-15/h2-6,8,10,21H,7,9H2,1H3,(H,19,20,22)/t10-/m0/s1. The Hall–Kier alpha value is -2.34. The first kappa shape index (κ1) is 16.0. The molecule has 0 saturated carbocycles. The van der Waals surface area contributed by atoms with E-state index < -0.39 is 17.6 Å². The number of hydrogen-bond acceptors (Lipinski definition) is 3. The Morgan fingerprint density at radius 3 is 2.77 bits per heavy atom. The van der Waals surface area contributed by atoms with Crippen molar-refractivity contribution in [1.29, 1.82) is 0 Å². The molecule has 0 fully saturated rings. The van der Waals surface area contributed by atoms with Crippen LogP contribution in [0.3, 0.4) is 0 Å². The monoisotopic (exact) mass is 306 g/mol. The zero-order chi connectivity index (χ0) is 16.1. The molecule has 116 valence electrons. The molecule has 0 aliphatic heterocycles. The number of carbonyl (C=O) groups is 1. The van der Waals surface area contributed by atoms with Gasteiger partial charge in [-0.25, -0.2) is 13.8 Å². The summed E-state index contributed by atoms with van der Waals surface area (Å²) in [5.41, 5.74) is 0.726. The molecule has 0 unspecified atom stereocenters. The van der Waals surface area contributed by atoms with Crippen LogP contribution in [0.5, 0.6) is 0 Å². The molecule has 0 saturated heterocycles. The fourth-order valence-corrected chi connectivity index (χ4v) is 2.12. The predicted molar refractivity (Wildman–Crippen MR) is 78.2 cm³/mol. The van der Waals surface area contributed by atoms with Gasteiger partial charge in [0.25, 0.3) is 0 Å². The van der Waals surface area contributed by atoms with Crippen LogP contribution >= 0.6 is 0 Å². The van der Waals surface area contributed by atoms with Crippen LogP contribution in [-0.2, 0) is 11.4 Å². The van der Waals surface area contributed by atoms with Crippen molar-refractivity contribution in [2.24, 2.45) is 0 Å². The molecule has 0 aliphatic rings. The molecule has 2 N–H and O–H groups in total. The Morgan fingerprint density at radius 1 is 1.32 bits per heavy atom. The van der Waals surface area contributed by atoms with E-state index in [0.717, 1.165) is 6.07 Å². The van der Waals surface area contributed by atoms with Gasteiger partial charge in [-0.2, -0.15) is 0 Å². The smallest absolute Gasteiger partial charge is 0.226 e. The fourth-order valence-electron chi connectivity index (χ4n) is 2.12. The molecule has 1 aromatic heterocycles. The highest BCUT2D eigenvalue weighted by Crippen LogP contribution is 2.23. The number of benzene rings is 1. The Kier molecular flexibility index (Phi) is 5.16. The largest absolute Gasteiger partial charge is 0.390 e. The van der Waals surface area contributed by atoms with E-state index in [9.17, 15) is 13.6 Å². The maximum absolute atomic E-state index is 13.7. The van der Waals surface area contributed by atoms with Crippen LogP contribution in [0.4, 0.5) is 14.6 Å². The van der Waals surface area contributed by atoms with Crippen LogP contribution in [-0.4, -0.2) is 16.0 Å². The van der Waals surface area contributed by atoms with Crippen molar-refractivity contribution in [3.05, 3.63) is 59.3 Å². The molecule has 0 radical (unpaired) electrons.